The van der Waals surface area contributed by atoms with Crippen LogP contribution in [0.5, 0.6) is 0 Å². The van der Waals surface area contributed by atoms with Gasteiger partial charge in [-0.1, -0.05) is 13.8 Å². The summed E-state index contributed by atoms with van der Waals surface area (Å²) in [4.78, 5) is 2.35. The van der Waals surface area contributed by atoms with E-state index in [0.717, 1.165) is 19.7 Å². The lowest BCUT2D eigenvalue weighted by molar-refractivity contribution is -0.0620. The second-order valence-electron chi connectivity index (χ2n) is 5.34. The van der Waals surface area contributed by atoms with E-state index >= 15 is 0 Å². The van der Waals surface area contributed by atoms with Gasteiger partial charge in [0.1, 0.15) is 0 Å². The summed E-state index contributed by atoms with van der Waals surface area (Å²) in [6.07, 6.45) is 4.21. The fourth-order valence-electron chi connectivity index (χ4n) is 2.45. The molecule has 0 aromatic carbocycles. The molecular formula is C13H24N4O. The van der Waals surface area contributed by atoms with Crippen LogP contribution in [0.3, 0.4) is 0 Å². The van der Waals surface area contributed by atoms with Crippen molar-refractivity contribution in [3.05, 3.63) is 18.0 Å². The number of hydrogen-bond donors (Lipinski definition) is 1. The van der Waals surface area contributed by atoms with Crippen molar-refractivity contribution in [1.29, 1.82) is 0 Å². The smallest absolute Gasteiger partial charge is 0.0897 e. The molecule has 0 saturated carbocycles. The van der Waals surface area contributed by atoms with Crippen LogP contribution in [0.25, 0.3) is 0 Å². The Balaban J connectivity index is 2.10. The van der Waals surface area contributed by atoms with Gasteiger partial charge in [0.2, 0.25) is 0 Å². The lowest BCUT2D eigenvalue weighted by Gasteiger charge is -2.39. The van der Waals surface area contributed by atoms with Gasteiger partial charge in [0.25, 0.3) is 0 Å². The van der Waals surface area contributed by atoms with Gasteiger partial charge in [0.15, 0.2) is 0 Å². The van der Waals surface area contributed by atoms with E-state index in [0.29, 0.717) is 12.1 Å². The number of nitrogens with zero attached hydrogens (tertiary/aromatic N) is 3. The second-order valence-corrected chi connectivity index (χ2v) is 5.34. The third-order valence-corrected chi connectivity index (χ3v) is 3.40. The molecule has 1 N–H and O–H groups in total. The fraction of sp³-hybridized carbons (Fsp3) is 0.769. The molecule has 0 bridgehead atoms. The van der Waals surface area contributed by atoms with Gasteiger partial charge in [-0.05, 0) is 7.05 Å². The minimum atomic E-state index is 0.190. The number of rotatable bonds is 4. The summed E-state index contributed by atoms with van der Waals surface area (Å²) in [5, 5.41) is 7.73. The highest BCUT2D eigenvalue weighted by molar-refractivity contribution is 5.13. The summed E-state index contributed by atoms with van der Waals surface area (Å²) in [5.74, 6) is 0. The molecule has 1 aliphatic heterocycles. The summed E-state index contributed by atoms with van der Waals surface area (Å²) in [7, 11) is 4.11. The quantitative estimate of drug-likeness (QED) is 0.860. The van der Waals surface area contributed by atoms with Crippen molar-refractivity contribution >= 4 is 0 Å². The SMILES string of the molecule is CC(C)NCC1OCCN(C)C1c1cnn(C)c1. The van der Waals surface area contributed by atoms with Crippen LogP contribution in [0, 0.1) is 0 Å². The van der Waals surface area contributed by atoms with Crippen LogP contribution in [-0.4, -0.2) is 53.6 Å². The van der Waals surface area contributed by atoms with Crippen LogP contribution >= 0.6 is 0 Å². The van der Waals surface area contributed by atoms with Gasteiger partial charge in [-0.25, -0.2) is 0 Å². The molecule has 102 valence electrons. The topological polar surface area (TPSA) is 42.3 Å². The Morgan fingerprint density at radius 3 is 2.89 bits per heavy atom. The number of nitrogens with one attached hydrogen (secondary N) is 1. The zero-order valence-electron chi connectivity index (χ0n) is 11.8. The minimum Gasteiger partial charge on any atom is -0.374 e. The molecular weight excluding hydrogens is 228 g/mol. The highest BCUT2D eigenvalue weighted by atomic mass is 16.5. The average Bonchev–Trinajstić information content (AvgIpc) is 2.72. The van der Waals surface area contributed by atoms with Crippen molar-refractivity contribution in [2.45, 2.75) is 32.0 Å². The first-order valence-electron chi connectivity index (χ1n) is 6.61. The molecule has 5 nitrogen and oxygen atoms in total. The molecule has 5 heteroatoms. The summed E-state index contributed by atoms with van der Waals surface area (Å²) in [5.41, 5.74) is 1.23. The van der Waals surface area contributed by atoms with Crippen molar-refractivity contribution in [3.63, 3.8) is 0 Å². The molecule has 2 heterocycles. The van der Waals surface area contributed by atoms with E-state index in [2.05, 4.69) is 42.4 Å². The zero-order valence-corrected chi connectivity index (χ0v) is 11.8. The Bertz CT molecular complexity index is 377. The van der Waals surface area contributed by atoms with E-state index in [1.165, 1.54) is 5.56 Å². The van der Waals surface area contributed by atoms with Gasteiger partial charge in [0, 0.05) is 37.9 Å². The number of hydrogen-bond acceptors (Lipinski definition) is 4. The minimum absolute atomic E-state index is 0.190. The first-order chi connectivity index (χ1) is 8.58. The zero-order chi connectivity index (χ0) is 13.1. The molecule has 1 saturated heterocycles. The summed E-state index contributed by atoms with van der Waals surface area (Å²) in [6, 6.07) is 0.772. The largest absolute Gasteiger partial charge is 0.374 e. The second kappa shape index (κ2) is 5.82. The van der Waals surface area contributed by atoms with Gasteiger partial charge in [0.05, 0.1) is 24.9 Å². The highest BCUT2D eigenvalue weighted by Crippen LogP contribution is 2.27. The van der Waals surface area contributed by atoms with Gasteiger partial charge in [-0.15, -0.1) is 0 Å². The predicted molar refractivity (Wildman–Crippen MR) is 71.5 cm³/mol. The van der Waals surface area contributed by atoms with E-state index in [1.54, 1.807) is 0 Å². The van der Waals surface area contributed by atoms with Gasteiger partial charge < -0.3 is 10.1 Å². The van der Waals surface area contributed by atoms with Crippen LogP contribution < -0.4 is 5.32 Å². The average molecular weight is 252 g/mol. The van der Waals surface area contributed by atoms with E-state index < -0.39 is 0 Å². The summed E-state index contributed by atoms with van der Waals surface area (Å²) < 4.78 is 7.79. The molecule has 1 aromatic rings. The third-order valence-electron chi connectivity index (χ3n) is 3.40. The highest BCUT2D eigenvalue weighted by Gasteiger charge is 2.32. The maximum absolute atomic E-state index is 5.93. The first kappa shape index (κ1) is 13.5. The van der Waals surface area contributed by atoms with Crippen molar-refractivity contribution in [3.8, 4) is 0 Å². The molecule has 1 aliphatic rings. The Labute approximate surface area is 109 Å². The Kier molecular flexibility index (Phi) is 4.37. The fourth-order valence-corrected chi connectivity index (χ4v) is 2.45. The molecule has 2 rings (SSSR count). The number of likely N-dealkylation sites (N-methyl/N-ethyl adjacent to an activating group) is 1. The number of aromatic nitrogens is 2. The van der Waals surface area contributed by atoms with Crippen LogP contribution in [-0.2, 0) is 11.8 Å². The van der Waals surface area contributed by atoms with Crippen molar-refractivity contribution in [2.75, 3.05) is 26.7 Å². The lowest BCUT2D eigenvalue weighted by atomic mass is 10.0. The maximum Gasteiger partial charge on any atom is 0.0897 e. The molecule has 0 radical (unpaired) electrons. The van der Waals surface area contributed by atoms with Gasteiger partial charge in [-0.2, -0.15) is 5.10 Å². The van der Waals surface area contributed by atoms with Crippen LogP contribution in [0.15, 0.2) is 12.4 Å². The normalized spacial score (nSPS) is 25.8. The molecule has 1 fully saturated rings. The predicted octanol–water partition coefficient (Wildman–Crippen LogP) is 0.790. The first-order valence-corrected chi connectivity index (χ1v) is 6.61. The van der Waals surface area contributed by atoms with Crippen molar-refractivity contribution in [2.24, 2.45) is 7.05 Å². The molecule has 2 unspecified atom stereocenters. The molecule has 0 amide bonds. The Morgan fingerprint density at radius 2 is 2.28 bits per heavy atom. The van der Waals surface area contributed by atoms with Gasteiger partial charge >= 0.3 is 0 Å². The van der Waals surface area contributed by atoms with Crippen molar-refractivity contribution < 1.29 is 4.74 Å². The van der Waals surface area contributed by atoms with Crippen LogP contribution in [0.1, 0.15) is 25.5 Å². The maximum atomic E-state index is 5.93. The van der Waals surface area contributed by atoms with E-state index in [1.807, 2.05) is 17.9 Å². The van der Waals surface area contributed by atoms with Crippen molar-refractivity contribution in [1.82, 2.24) is 20.0 Å². The molecule has 0 spiro atoms. The van der Waals surface area contributed by atoms with E-state index in [-0.39, 0.29) is 6.10 Å². The molecule has 1 aromatic heterocycles. The van der Waals surface area contributed by atoms with Crippen LogP contribution in [0.2, 0.25) is 0 Å². The summed E-state index contributed by atoms with van der Waals surface area (Å²) >= 11 is 0. The van der Waals surface area contributed by atoms with Gasteiger partial charge in [-0.3, -0.25) is 9.58 Å². The molecule has 2 atom stereocenters. The standard InChI is InChI=1S/C13H24N4O/c1-10(2)14-8-12-13(16(3)5-6-18-12)11-7-15-17(4)9-11/h7,9-10,12-14H,5-6,8H2,1-4H3. The number of aryl methyl sites for hydroxylation is 1. The van der Waals surface area contributed by atoms with E-state index in [9.17, 15) is 0 Å². The third kappa shape index (κ3) is 3.10. The number of morpholine rings is 1. The lowest BCUT2D eigenvalue weighted by Crippen LogP contribution is -2.48. The summed E-state index contributed by atoms with van der Waals surface area (Å²) in [6.45, 7) is 6.97. The van der Waals surface area contributed by atoms with Crippen LogP contribution in [0.4, 0.5) is 0 Å². The molecule has 18 heavy (non-hydrogen) atoms. The Morgan fingerprint density at radius 1 is 1.50 bits per heavy atom. The molecule has 0 aliphatic carbocycles. The van der Waals surface area contributed by atoms with E-state index in [4.69, 9.17) is 4.74 Å². The monoisotopic (exact) mass is 252 g/mol. The number of ether oxygens (including phenoxy) is 1. The Hall–Kier alpha value is -0.910.